The Morgan fingerprint density at radius 1 is 1.45 bits per heavy atom. The first-order chi connectivity index (χ1) is 9.78. The Kier molecular flexibility index (Phi) is 3.93. The highest BCUT2D eigenvalue weighted by molar-refractivity contribution is 7.98. The van der Waals surface area contributed by atoms with Crippen LogP contribution < -0.4 is 10.5 Å². The highest BCUT2D eigenvalue weighted by Gasteiger charge is 2.28. The van der Waals surface area contributed by atoms with Crippen LogP contribution in [0.4, 0.5) is 0 Å². The lowest BCUT2D eigenvalue weighted by Gasteiger charge is -2.05. The van der Waals surface area contributed by atoms with Crippen LogP contribution >= 0.6 is 11.8 Å². The fourth-order valence-corrected chi connectivity index (χ4v) is 2.71. The largest absolute Gasteiger partial charge is 0.482 e. The molecule has 0 bridgehead atoms. The molecule has 20 heavy (non-hydrogen) atoms. The first kappa shape index (κ1) is 13.5. The van der Waals surface area contributed by atoms with Gasteiger partial charge in [0.1, 0.15) is 5.75 Å². The van der Waals surface area contributed by atoms with Gasteiger partial charge < -0.3 is 15.0 Å². The number of rotatable bonds is 5. The molecule has 0 fully saturated rings. The molecule has 2 aromatic rings. The Hall–Kier alpha value is -1.53. The van der Waals surface area contributed by atoms with Crippen molar-refractivity contribution in [1.29, 1.82) is 0 Å². The van der Waals surface area contributed by atoms with Crippen LogP contribution in [0.3, 0.4) is 0 Å². The van der Waals surface area contributed by atoms with Gasteiger partial charge in [0.2, 0.25) is 11.7 Å². The maximum Gasteiger partial charge on any atom is 0.243 e. The SMILES string of the molecule is CSCC[C@@H](N)c1nc(C2Cc3ccccc3O2)no1. The van der Waals surface area contributed by atoms with Crippen molar-refractivity contribution in [3.8, 4) is 5.75 Å². The number of fused-ring (bicyclic) bond motifs is 1. The van der Waals surface area contributed by atoms with E-state index in [1.54, 1.807) is 11.8 Å². The van der Waals surface area contributed by atoms with Crippen LogP contribution in [0.25, 0.3) is 0 Å². The Balaban J connectivity index is 1.69. The second-order valence-corrected chi connectivity index (χ2v) is 5.78. The predicted molar refractivity (Wildman–Crippen MR) is 77.7 cm³/mol. The number of benzene rings is 1. The van der Waals surface area contributed by atoms with E-state index in [2.05, 4.69) is 22.5 Å². The van der Waals surface area contributed by atoms with Crippen molar-refractivity contribution in [3.63, 3.8) is 0 Å². The third-order valence-electron chi connectivity index (χ3n) is 3.34. The fourth-order valence-electron chi connectivity index (χ4n) is 2.22. The second-order valence-electron chi connectivity index (χ2n) is 4.80. The van der Waals surface area contributed by atoms with Crippen LogP contribution in [0.2, 0.25) is 0 Å². The Morgan fingerprint density at radius 3 is 3.10 bits per heavy atom. The summed E-state index contributed by atoms with van der Waals surface area (Å²) in [6.45, 7) is 0. The number of ether oxygens (including phenoxy) is 1. The summed E-state index contributed by atoms with van der Waals surface area (Å²) in [7, 11) is 0. The van der Waals surface area contributed by atoms with Crippen molar-refractivity contribution in [2.45, 2.75) is 25.0 Å². The molecule has 0 aliphatic carbocycles. The van der Waals surface area contributed by atoms with Gasteiger partial charge in [0, 0.05) is 6.42 Å². The van der Waals surface area contributed by atoms with Gasteiger partial charge in [-0.3, -0.25) is 0 Å². The first-order valence-electron chi connectivity index (χ1n) is 6.60. The summed E-state index contributed by atoms with van der Waals surface area (Å²) < 4.78 is 11.1. The molecular formula is C14H17N3O2S. The Morgan fingerprint density at radius 2 is 2.30 bits per heavy atom. The normalized spacial score (nSPS) is 18.6. The number of hydrogen-bond donors (Lipinski definition) is 1. The van der Waals surface area contributed by atoms with Gasteiger partial charge in [-0.15, -0.1) is 0 Å². The molecule has 1 aromatic heterocycles. The van der Waals surface area contributed by atoms with Gasteiger partial charge in [-0.05, 0) is 30.1 Å². The summed E-state index contributed by atoms with van der Waals surface area (Å²) in [6.07, 6.45) is 3.48. The topological polar surface area (TPSA) is 74.2 Å². The van der Waals surface area contributed by atoms with E-state index in [1.807, 2.05) is 18.2 Å². The van der Waals surface area contributed by atoms with Crippen molar-refractivity contribution in [3.05, 3.63) is 41.5 Å². The zero-order valence-electron chi connectivity index (χ0n) is 11.3. The molecule has 0 saturated heterocycles. The van der Waals surface area contributed by atoms with Crippen LogP contribution in [-0.2, 0) is 6.42 Å². The van der Waals surface area contributed by atoms with E-state index in [9.17, 15) is 0 Å². The second kappa shape index (κ2) is 5.85. The minimum Gasteiger partial charge on any atom is -0.482 e. The molecule has 5 nitrogen and oxygen atoms in total. The fraction of sp³-hybridized carbons (Fsp3) is 0.429. The molecule has 1 aromatic carbocycles. The van der Waals surface area contributed by atoms with Crippen LogP contribution in [0.1, 0.15) is 35.8 Å². The molecule has 1 aliphatic rings. The molecule has 1 unspecified atom stereocenters. The van der Waals surface area contributed by atoms with Crippen LogP contribution in [-0.4, -0.2) is 22.1 Å². The maximum absolute atomic E-state index is 6.03. The van der Waals surface area contributed by atoms with Gasteiger partial charge in [0.05, 0.1) is 6.04 Å². The van der Waals surface area contributed by atoms with E-state index in [4.69, 9.17) is 15.0 Å². The van der Waals surface area contributed by atoms with E-state index in [-0.39, 0.29) is 12.1 Å². The summed E-state index contributed by atoms with van der Waals surface area (Å²) in [5.41, 5.74) is 7.20. The number of para-hydroxylation sites is 1. The van der Waals surface area contributed by atoms with Crippen LogP contribution in [0.5, 0.6) is 5.75 Å². The average molecular weight is 291 g/mol. The third-order valence-corrected chi connectivity index (χ3v) is 3.99. The van der Waals surface area contributed by atoms with E-state index >= 15 is 0 Å². The number of hydrogen-bond acceptors (Lipinski definition) is 6. The van der Waals surface area contributed by atoms with Gasteiger partial charge in [-0.25, -0.2) is 0 Å². The zero-order valence-corrected chi connectivity index (χ0v) is 12.1. The predicted octanol–water partition coefficient (Wildman–Crippen LogP) is 2.50. The molecule has 2 heterocycles. The molecule has 0 saturated carbocycles. The highest BCUT2D eigenvalue weighted by Crippen LogP contribution is 2.35. The van der Waals surface area contributed by atoms with Crippen molar-refractivity contribution >= 4 is 11.8 Å². The molecule has 2 N–H and O–H groups in total. The van der Waals surface area contributed by atoms with Gasteiger partial charge in [-0.2, -0.15) is 16.7 Å². The number of nitrogens with zero attached hydrogens (tertiary/aromatic N) is 2. The van der Waals surface area contributed by atoms with Crippen LogP contribution in [0.15, 0.2) is 28.8 Å². The molecule has 3 rings (SSSR count). The van der Waals surface area contributed by atoms with E-state index in [0.29, 0.717) is 11.7 Å². The maximum atomic E-state index is 6.03. The van der Waals surface area contributed by atoms with Crippen molar-refractivity contribution < 1.29 is 9.26 Å². The van der Waals surface area contributed by atoms with Gasteiger partial charge in [0.25, 0.3) is 0 Å². The molecule has 0 amide bonds. The molecule has 6 heteroatoms. The molecule has 106 valence electrons. The summed E-state index contributed by atoms with van der Waals surface area (Å²) in [4.78, 5) is 4.39. The summed E-state index contributed by atoms with van der Waals surface area (Å²) in [5.74, 6) is 2.95. The molecule has 0 radical (unpaired) electrons. The van der Waals surface area contributed by atoms with E-state index in [1.165, 1.54) is 5.56 Å². The lowest BCUT2D eigenvalue weighted by molar-refractivity contribution is 0.220. The Bertz CT molecular complexity index is 562. The molecular weight excluding hydrogens is 274 g/mol. The van der Waals surface area contributed by atoms with Crippen molar-refractivity contribution in [2.24, 2.45) is 5.73 Å². The lowest BCUT2D eigenvalue weighted by atomic mass is 10.1. The summed E-state index contributed by atoms with van der Waals surface area (Å²) in [6, 6.07) is 7.78. The zero-order chi connectivity index (χ0) is 13.9. The van der Waals surface area contributed by atoms with Crippen LogP contribution in [0, 0.1) is 0 Å². The minimum absolute atomic E-state index is 0.169. The van der Waals surface area contributed by atoms with E-state index in [0.717, 1.165) is 24.3 Å². The van der Waals surface area contributed by atoms with Gasteiger partial charge in [0.15, 0.2) is 6.10 Å². The average Bonchev–Trinajstić information content (AvgIpc) is 3.10. The third kappa shape index (κ3) is 2.66. The smallest absolute Gasteiger partial charge is 0.243 e. The summed E-state index contributed by atoms with van der Waals surface area (Å²) >= 11 is 1.75. The highest BCUT2D eigenvalue weighted by atomic mass is 32.2. The quantitative estimate of drug-likeness (QED) is 0.912. The monoisotopic (exact) mass is 291 g/mol. The standard InChI is InChI=1S/C14H17N3O2S/c1-20-7-6-10(15)14-16-13(17-19-14)12-8-9-4-2-3-5-11(9)18-12/h2-5,10,12H,6-8,15H2,1H3/t10-,12?/m1/s1. The van der Waals surface area contributed by atoms with Crippen molar-refractivity contribution in [2.75, 3.05) is 12.0 Å². The Labute approximate surface area is 121 Å². The summed E-state index contributed by atoms with van der Waals surface area (Å²) in [5, 5.41) is 4.01. The van der Waals surface area contributed by atoms with E-state index < -0.39 is 0 Å². The van der Waals surface area contributed by atoms with Crippen molar-refractivity contribution in [1.82, 2.24) is 10.1 Å². The van der Waals surface area contributed by atoms with Gasteiger partial charge in [-0.1, -0.05) is 23.4 Å². The number of thioether (sulfide) groups is 1. The molecule has 2 atom stereocenters. The number of nitrogens with two attached hydrogens (primary N) is 1. The molecule has 0 spiro atoms. The first-order valence-corrected chi connectivity index (χ1v) is 8.00. The lowest BCUT2D eigenvalue weighted by Crippen LogP contribution is -2.12. The van der Waals surface area contributed by atoms with Gasteiger partial charge >= 0.3 is 0 Å². The minimum atomic E-state index is -0.201. The molecule has 1 aliphatic heterocycles. The number of aromatic nitrogens is 2.